The van der Waals surface area contributed by atoms with Crippen molar-refractivity contribution in [2.45, 2.75) is 13.0 Å². The molecule has 33 heavy (non-hydrogen) atoms. The number of nitrogens with zero attached hydrogens (tertiary/aromatic N) is 6. The standard InChI is InChI=1S/C24H22N6O3/c31-21-15-22(32)30(20-5-2-1-4-18(20)21)16-17-6-9-25-19(14-17)23(33)28-10-12-29(13-11-28)24-26-7-3-8-27-24/h1-9,14H,10-13,15-16H2. The summed E-state index contributed by atoms with van der Waals surface area (Å²) in [6.07, 6.45) is 4.85. The van der Waals surface area contributed by atoms with Crippen LogP contribution in [0.4, 0.5) is 11.6 Å². The van der Waals surface area contributed by atoms with Crippen LogP contribution in [0.5, 0.6) is 0 Å². The number of carbonyl (C=O) groups excluding carboxylic acids is 3. The highest BCUT2D eigenvalue weighted by Crippen LogP contribution is 2.29. The maximum Gasteiger partial charge on any atom is 0.272 e. The molecule has 0 spiro atoms. The lowest BCUT2D eigenvalue weighted by Gasteiger charge is -2.34. The van der Waals surface area contributed by atoms with Crippen LogP contribution in [0.25, 0.3) is 0 Å². The van der Waals surface area contributed by atoms with Gasteiger partial charge in [0.15, 0.2) is 5.78 Å². The molecule has 0 aliphatic carbocycles. The number of Topliss-reactive ketones (excluding diaryl/α,β-unsaturated/α-hetero) is 1. The van der Waals surface area contributed by atoms with E-state index in [9.17, 15) is 14.4 Å². The quantitative estimate of drug-likeness (QED) is 0.570. The fourth-order valence-electron chi connectivity index (χ4n) is 4.18. The van der Waals surface area contributed by atoms with Crippen molar-refractivity contribution in [3.05, 3.63) is 77.9 Å². The first-order chi connectivity index (χ1) is 16.1. The maximum absolute atomic E-state index is 13.1. The molecule has 0 unspecified atom stereocenters. The molecule has 4 heterocycles. The summed E-state index contributed by atoms with van der Waals surface area (Å²) in [6, 6.07) is 12.4. The molecule has 0 bridgehead atoms. The van der Waals surface area contributed by atoms with Gasteiger partial charge in [0.25, 0.3) is 5.91 Å². The number of hydrogen-bond acceptors (Lipinski definition) is 7. The zero-order valence-electron chi connectivity index (χ0n) is 17.9. The molecule has 1 saturated heterocycles. The Morgan fingerprint density at radius 1 is 0.879 bits per heavy atom. The maximum atomic E-state index is 13.1. The molecule has 2 amide bonds. The van der Waals surface area contributed by atoms with Crippen LogP contribution in [-0.4, -0.2) is 63.6 Å². The van der Waals surface area contributed by atoms with Crippen molar-refractivity contribution < 1.29 is 14.4 Å². The van der Waals surface area contributed by atoms with Crippen molar-refractivity contribution in [1.29, 1.82) is 0 Å². The number of benzene rings is 1. The average molecular weight is 442 g/mol. The second kappa shape index (κ2) is 8.78. The lowest BCUT2D eigenvalue weighted by Crippen LogP contribution is -2.49. The Kier molecular flexibility index (Phi) is 5.52. The number of pyridine rings is 1. The number of rotatable bonds is 4. The summed E-state index contributed by atoms with van der Waals surface area (Å²) < 4.78 is 0. The molecule has 9 heteroatoms. The van der Waals surface area contributed by atoms with E-state index in [4.69, 9.17) is 0 Å². The van der Waals surface area contributed by atoms with Gasteiger partial charge in [-0.1, -0.05) is 12.1 Å². The van der Waals surface area contributed by atoms with Gasteiger partial charge in [0.1, 0.15) is 5.69 Å². The van der Waals surface area contributed by atoms with Crippen LogP contribution < -0.4 is 9.80 Å². The highest BCUT2D eigenvalue weighted by Gasteiger charge is 2.30. The van der Waals surface area contributed by atoms with Gasteiger partial charge in [0.2, 0.25) is 11.9 Å². The normalized spacial score (nSPS) is 16.1. The van der Waals surface area contributed by atoms with Crippen molar-refractivity contribution in [2.24, 2.45) is 0 Å². The van der Waals surface area contributed by atoms with Crippen molar-refractivity contribution in [3.8, 4) is 0 Å². The minimum absolute atomic E-state index is 0.147. The second-order valence-corrected chi connectivity index (χ2v) is 7.97. The minimum atomic E-state index is -0.248. The molecule has 3 aromatic rings. The Morgan fingerprint density at radius 2 is 1.64 bits per heavy atom. The molecule has 0 N–H and O–H groups in total. The van der Waals surface area contributed by atoms with Gasteiger partial charge in [-0.05, 0) is 35.9 Å². The molecule has 166 valence electrons. The molecule has 0 atom stereocenters. The van der Waals surface area contributed by atoms with Gasteiger partial charge in [-0.15, -0.1) is 0 Å². The first-order valence-electron chi connectivity index (χ1n) is 10.8. The summed E-state index contributed by atoms with van der Waals surface area (Å²) in [6.45, 7) is 2.64. The Labute approximate surface area is 190 Å². The van der Waals surface area contributed by atoms with Crippen molar-refractivity contribution in [2.75, 3.05) is 36.0 Å². The molecule has 2 aliphatic rings. The van der Waals surface area contributed by atoms with Gasteiger partial charge < -0.3 is 14.7 Å². The first-order valence-corrected chi connectivity index (χ1v) is 10.8. The Bertz CT molecular complexity index is 1210. The Balaban J connectivity index is 1.29. The van der Waals surface area contributed by atoms with Crippen LogP contribution in [0.15, 0.2) is 61.1 Å². The summed E-state index contributed by atoms with van der Waals surface area (Å²) in [4.78, 5) is 56.1. The molecule has 5 rings (SSSR count). The fraction of sp³-hybridized carbons (Fsp3) is 0.250. The predicted molar refractivity (Wildman–Crippen MR) is 121 cm³/mol. The SMILES string of the molecule is O=C1CC(=O)N(Cc2ccnc(C(=O)N3CCN(c4ncccn4)CC3)c2)c2ccccc21. The monoisotopic (exact) mass is 442 g/mol. The van der Waals surface area contributed by atoms with E-state index in [1.54, 1.807) is 70.9 Å². The number of para-hydroxylation sites is 1. The number of hydrogen-bond donors (Lipinski definition) is 0. The van der Waals surface area contributed by atoms with Gasteiger partial charge in [0, 0.05) is 50.3 Å². The fourth-order valence-corrected chi connectivity index (χ4v) is 4.18. The third-order valence-electron chi connectivity index (χ3n) is 5.89. The number of piperazine rings is 1. The second-order valence-electron chi connectivity index (χ2n) is 7.97. The molecular formula is C24H22N6O3. The first kappa shape index (κ1) is 20.7. The van der Waals surface area contributed by atoms with E-state index < -0.39 is 0 Å². The lowest BCUT2D eigenvalue weighted by molar-refractivity contribution is -0.118. The number of ketones is 1. The van der Waals surface area contributed by atoms with Crippen molar-refractivity contribution in [1.82, 2.24) is 19.9 Å². The van der Waals surface area contributed by atoms with Crippen LogP contribution in [0.1, 0.15) is 32.8 Å². The molecular weight excluding hydrogens is 420 g/mol. The Morgan fingerprint density at radius 3 is 2.42 bits per heavy atom. The zero-order valence-corrected chi connectivity index (χ0v) is 17.9. The molecule has 2 aromatic heterocycles. The molecule has 9 nitrogen and oxygen atoms in total. The molecule has 1 aromatic carbocycles. The van der Waals surface area contributed by atoms with Gasteiger partial charge >= 0.3 is 0 Å². The average Bonchev–Trinajstić information content (AvgIpc) is 2.87. The van der Waals surface area contributed by atoms with E-state index in [0.717, 1.165) is 5.56 Å². The summed E-state index contributed by atoms with van der Waals surface area (Å²) in [5.41, 5.74) is 2.26. The van der Waals surface area contributed by atoms with Crippen LogP contribution in [0.2, 0.25) is 0 Å². The van der Waals surface area contributed by atoms with Crippen LogP contribution in [0.3, 0.4) is 0 Å². The van der Waals surface area contributed by atoms with E-state index in [1.165, 1.54) is 0 Å². The lowest BCUT2D eigenvalue weighted by atomic mass is 9.99. The summed E-state index contributed by atoms with van der Waals surface area (Å²) in [5.74, 6) is 0.0980. The van der Waals surface area contributed by atoms with E-state index >= 15 is 0 Å². The smallest absolute Gasteiger partial charge is 0.272 e. The third kappa shape index (κ3) is 4.17. The minimum Gasteiger partial charge on any atom is -0.337 e. The molecule has 1 fully saturated rings. The summed E-state index contributed by atoms with van der Waals surface area (Å²) >= 11 is 0. The van der Waals surface area contributed by atoms with Crippen LogP contribution >= 0.6 is 0 Å². The Hall–Kier alpha value is -4.14. The highest BCUT2D eigenvalue weighted by atomic mass is 16.2. The van der Waals surface area contributed by atoms with Gasteiger partial charge in [-0.2, -0.15) is 0 Å². The topological polar surface area (TPSA) is 99.6 Å². The van der Waals surface area contributed by atoms with Gasteiger partial charge in [-0.3, -0.25) is 19.4 Å². The van der Waals surface area contributed by atoms with Crippen molar-refractivity contribution >= 4 is 29.2 Å². The van der Waals surface area contributed by atoms with Gasteiger partial charge in [-0.25, -0.2) is 9.97 Å². The molecule has 0 saturated carbocycles. The zero-order chi connectivity index (χ0) is 22.8. The third-order valence-corrected chi connectivity index (χ3v) is 5.89. The number of amides is 2. The highest BCUT2D eigenvalue weighted by molar-refractivity contribution is 6.19. The van der Waals surface area contributed by atoms with Gasteiger partial charge in [0.05, 0.1) is 18.7 Å². The van der Waals surface area contributed by atoms with Crippen LogP contribution in [0, 0.1) is 0 Å². The number of carbonyl (C=O) groups is 3. The molecule has 0 radical (unpaired) electrons. The van der Waals surface area contributed by atoms with E-state index in [1.807, 2.05) is 4.90 Å². The summed E-state index contributed by atoms with van der Waals surface area (Å²) in [5, 5.41) is 0. The number of anilines is 2. The largest absolute Gasteiger partial charge is 0.337 e. The van der Waals surface area contributed by atoms with E-state index in [0.29, 0.717) is 49.1 Å². The number of fused-ring (bicyclic) bond motifs is 1. The van der Waals surface area contributed by atoms with E-state index in [-0.39, 0.29) is 30.6 Å². The summed E-state index contributed by atoms with van der Waals surface area (Å²) in [7, 11) is 0. The predicted octanol–water partition coefficient (Wildman–Crippen LogP) is 1.95. The van der Waals surface area contributed by atoms with Crippen LogP contribution in [-0.2, 0) is 11.3 Å². The van der Waals surface area contributed by atoms with Crippen molar-refractivity contribution in [3.63, 3.8) is 0 Å². The van der Waals surface area contributed by atoms with E-state index in [2.05, 4.69) is 15.0 Å². The number of aromatic nitrogens is 3. The molecule has 2 aliphatic heterocycles.